The molecule has 7 nitrogen and oxygen atoms in total. The van der Waals surface area contributed by atoms with Crippen molar-refractivity contribution in [2.45, 2.75) is 65.2 Å². The molecule has 2 aromatic carbocycles. The van der Waals surface area contributed by atoms with Crippen LogP contribution >= 0.6 is 0 Å². The molecule has 0 fully saturated rings. The van der Waals surface area contributed by atoms with Gasteiger partial charge in [-0.2, -0.15) is 5.10 Å². The van der Waals surface area contributed by atoms with Crippen LogP contribution in [0.25, 0.3) is 0 Å². The number of hydrogen-bond donors (Lipinski definition) is 1. The SMILES string of the molecule is COc1cccc(CN2C(=O)c3cc(C(C)(C)C)nn3CC2(C)C)c1.O=CNCc1ccccc1. The van der Waals surface area contributed by atoms with E-state index in [1.807, 2.05) is 70.2 Å². The maximum absolute atomic E-state index is 13.2. The number of ether oxygens (including phenoxy) is 1. The zero-order valence-electron chi connectivity index (χ0n) is 21.5. The summed E-state index contributed by atoms with van der Waals surface area (Å²) in [5.41, 5.74) is 3.42. The number of fused-ring (bicyclic) bond motifs is 1. The molecule has 35 heavy (non-hydrogen) atoms. The van der Waals surface area contributed by atoms with Crippen LogP contribution in [0.4, 0.5) is 0 Å². The predicted octanol–water partition coefficient (Wildman–Crippen LogP) is 4.56. The van der Waals surface area contributed by atoms with Gasteiger partial charge in [-0.05, 0) is 43.2 Å². The number of rotatable bonds is 6. The molecule has 1 aliphatic rings. The number of carbonyl (C=O) groups is 2. The molecule has 0 saturated carbocycles. The zero-order chi connectivity index (χ0) is 25.6. The van der Waals surface area contributed by atoms with Gasteiger partial charge in [0.25, 0.3) is 5.91 Å². The predicted molar refractivity (Wildman–Crippen MR) is 137 cm³/mol. The maximum Gasteiger partial charge on any atom is 0.272 e. The van der Waals surface area contributed by atoms with Crippen molar-refractivity contribution >= 4 is 12.3 Å². The lowest BCUT2D eigenvalue weighted by molar-refractivity contribution is -0.109. The largest absolute Gasteiger partial charge is 0.497 e. The van der Waals surface area contributed by atoms with Crippen molar-refractivity contribution in [1.29, 1.82) is 0 Å². The average molecular weight is 477 g/mol. The van der Waals surface area contributed by atoms with Crippen molar-refractivity contribution in [2.75, 3.05) is 7.11 Å². The van der Waals surface area contributed by atoms with Gasteiger partial charge >= 0.3 is 0 Å². The molecule has 1 N–H and O–H groups in total. The van der Waals surface area contributed by atoms with Crippen molar-refractivity contribution in [3.63, 3.8) is 0 Å². The highest BCUT2D eigenvalue weighted by Gasteiger charge is 2.40. The lowest BCUT2D eigenvalue weighted by atomic mass is 9.92. The van der Waals surface area contributed by atoms with Crippen LogP contribution in [0.5, 0.6) is 5.75 Å². The van der Waals surface area contributed by atoms with E-state index in [4.69, 9.17) is 4.74 Å². The molecular weight excluding hydrogens is 440 g/mol. The van der Waals surface area contributed by atoms with Crippen molar-refractivity contribution in [2.24, 2.45) is 0 Å². The molecule has 0 atom stereocenters. The second-order valence-electron chi connectivity index (χ2n) is 10.4. The van der Waals surface area contributed by atoms with Crippen LogP contribution in [0.15, 0.2) is 60.7 Å². The maximum atomic E-state index is 13.2. The van der Waals surface area contributed by atoms with Crippen LogP contribution in [0.3, 0.4) is 0 Å². The molecule has 3 aromatic rings. The first-order valence-corrected chi connectivity index (χ1v) is 11.8. The van der Waals surface area contributed by atoms with E-state index in [1.165, 1.54) is 0 Å². The Morgan fingerprint density at radius 3 is 2.37 bits per heavy atom. The lowest BCUT2D eigenvalue weighted by Crippen LogP contribution is -2.54. The summed E-state index contributed by atoms with van der Waals surface area (Å²) in [5.74, 6) is 0.835. The normalized spacial score (nSPS) is 14.5. The van der Waals surface area contributed by atoms with Gasteiger partial charge in [0, 0.05) is 18.5 Å². The fraction of sp³-hybridized carbons (Fsp3) is 0.393. The van der Waals surface area contributed by atoms with Crippen molar-refractivity contribution in [1.82, 2.24) is 20.0 Å². The number of benzene rings is 2. The zero-order valence-corrected chi connectivity index (χ0v) is 21.5. The van der Waals surface area contributed by atoms with E-state index >= 15 is 0 Å². The summed E-state index contributed by atoms with van der Waals surface area (Å²) in [6.45, 7) is 12.4. The number of amides is 2. The molecule has 7 heteroatoms. The Morgan fingerprint density at radius 1 is 1.06 bits per heavy atom. The molecule has 186 valence electrons. The third-order valence-electron chi connectivity index (χ3n) is 5.99. The molecule has 2 amide bonds. The summed E-state index contributed by atoms with van der Waals surface area (Å²) < 4.78 is 7.17. The Hall–Kier alpha value is -3.61. The van der Waals surface area contributed by atoms with Gasteiger partial charge in [-0.15, -0.1) is 0 Å². The average Bonchev–Trinajstić information content (AvgIpc) is 3.26. The summed E-state index contributed by atoms with van der Waals surface area (Å²) in [6, 6.07) is 19.6. The highest BCUT2D eigenvalue weighted by molar-refractivity contribution is 5.94. The van der Waals surface area contributed by atoms with Gasteiger partial charge in [0.2, 0.25) is 6.41 Å². The minimum atomic E-state index is -0.311. The Bertz CT molecular complexity index is 1150. The van der Waals surface area contributed by atoms with E-state index in [0.29, 0.717) is 31.7 Å². The van der Waals surface area contributed by atoms with Gasteiger partial charge < -0.3 is 15.0 Å². The minimum absolute atomic E-state index is 0.0297. The number of nitrogens with one attached hydrogen (secondary N) is 1. The van der Waals surface area contributed by atoms with Crippen LogP contribution in [0.1, 0.15) is 61.9 Å². The topological polar surface area (TPSA) is 76.5 Å². The summed E-state index contributed by atoms with van der Waals surface area (Å²) in [4.78, 5) is 25.0. The fourth-order valence-corrected chi connectivity index (χ4v) is 3.94. The van der Waals surface area contributed by atoms with Crippen molar-refractivity contribution < 1.29 is 14.3 Å². The Balaban J connectivity index is 0.000000287. The molecule has 0 bridgehead atoms. The van der Waals surface area contributed by atoms with E-state index in [9.17, 15) is 9.59 Å². The molecule has 0 radical (unpaired) electrons. The van der Waals surface area contributed by atoms with Gasteiger partial charge in [0.1, 0.15) is 11.4 Å². The molecule has 0 spiro atoms. The van der Waals surface area contributed by atoms with E-state index in [0.717, 1.165) is 22.6 Å². The first-order chi connectivity index (χ1) is 16.5. The van der Waals surface area contributed by atoms with Gasteiger partial charge in [0.15, 0.2) is 0 Å². The van der Waals surface area contributed by atoms with Gasteiger partial charge in [-0.3, -0.25) is 14.3 Å². The van der Waals surface area contributed by atoms with Gasteiger partial charge in [-0.1, -0.05) is 63.2 Å². The number of nitrogens with zero attached hydrogens (tertiary/aromatic N) is 3. The van der Waals surface area contributed by atoms with E-state index in [-0.39, 0.29) is 16.9 Å². The van der Waals surface area contributed by atoms with E-state index < -0.39 is 0 Å². The molecule has 1 aliphatic heterocycles. The Labute approximate surface area is 208 Å². The smallest absolute Gasteiger partial charge is 0.272 e. The van der Waals surface area contributed by atoms with Crippen molar-refractivity contribution in [3.8, 4) is 5.75 Å². The quantitative estimate of drug-likeness (QED) is 0.530. The third-order valence-corrected chi connectivity index (χ3v) is 5.99. The van der Waals surface area contributed by atoms with Gasteiger partial charge in [0.05, 0.1) is 24.9 Å². The molecule has 0 unspecified atom stereocenters. The van der Waals surface area contributed by atoms with E-state index in [1.54, 1.807) is 7.11 Å². The summed E-state index contributed by atoms with van der Waals surface area (Å²) in [5, 5.41) is 7.27. The summed E-state index contributed by atoms with van der Waals surface area (Å²) in [6.07, 6.45) is 0.701. The van der Waals surface area contributed by atoms with Crippen molar-refractivity contribution in [3.05, 3.63) is 83.2 Å². The first kappa shape index (κ1) is 26.0. The van der Waals surface area contributed by atoms with Crippen LogP contribution < -0.4 is 10.1 Å². The minimum Gasteiger partial charge on any atom is -0.497 e. The number of hydrogen-bond acceptors (Lipinski definition) is 4. The fourth-order valence-electron chi connectivity index (χ4n) is 3.94. The summed E-state index contributed by atoms with van der Waals surface area (Å²) in [7, 11) is 1.65. The highest BCUT2D eigenvalue weighted by atomic mass is 16.5. The number of aromatic nitrogens is 2. The monoisotopic (exact) mass is 476 g/mol. The molecule has 4 rings (SSSR count). The molecule has 1 aromatic heterocycles. The van der Waals surface area contributed by atoms with Crippen LogP contribution in [0.2, 0.25) is 0 Å². The Kier molecular flexibility index (Phi) is 7.99. The molecular formula is C28H36N4O3. The standard InChI is InChI=1S/C20H27N3O2.C8H9NO/c1-19(2,3)17-11-16-18(24)22(20(4,5)13-23(16)21-17)12-14-8-7-9-15(10-14)25-6;10-7-9-6-8-4-2-1-3-5-8/h7-11H,12-13H2,1-6H3;1-5,7H,6H2,(H,9,10). The molecule has 0 aliphatic carbocycles. The third kappa shape index (κ3) is 6.50. The second kappa shape index (κ2) is 10.8. The number of methoxy groups -OCH3 is 1. The Morgan fingerprint density at radius 2 is 1.74 bits per heavy atom. The molecule has 0 saturated heterocycles. The second-order valence-corrected chi connectivity index (χ2v) is 10.4. The number of carbonyl (C=O) groups excluding carboxylic acids is 2. The van der Waals surface area contributed by atoms with Crippen LogP contribution in [-0.2, 0) is 29.8 Å². The van der Waals surface area contributed by atoms with Crippen LogP contribution in [-0.4, -0.2) is 39.6 Å². The van der Waals surface area contributed by atoms with E-state index in [2.05, 4.69) is 45.0 Å². The lowest BCUT2D eigenvalue weighted by Gasteiger charge is -2.42. The van der Waals surface area contributed by atoms with Crippen LogP contribution in [0, 0.1) is 0 Å². The first-order valence-electron chi connectivity index (χ1n) is 11.8. The summed E-state index contributed by atoms with van der Waals surface area (Å²) >= 11 is 0. The van der Waals surface area contributed by atoms with Gasteiger partial charge in [-0.25, -0.2) is 0 Å². The highest BCUT2D eigenvalue weighted by Crippen LogP contribution is 2.31. The molecule has 2 heterocycles.